The van der Waals surface area contributed by atoms with E-state index in [2.05, 4.69) is 16.1 Å². The average Bonchev–Trinajstić information content (AvgIpc) is 3.22. The second-order valence-corrected chi connectivity index (χ2v) is 7.99. The van der Waals surface area contributed by atoms with Crippen LogP contribution in [-0.2, 0) is 10.0 Å². The Bertz CT molecular complexity index is 740. The summed E-state index contributed by atoms with van der Waals surface area (Å²) in [5, 5.41) is 12.1. The number of hydrogen-bond donors (Lipinski definition) is 2. The smallest absolute Gasteiger partial charge is 0.252 e. The fourth-order valence-corrected chi connectivity index (χ4v) is 4.11. The lowest BCUT2D eigenvalue weighted by Crippen LogP contribution is -2.45. The maximum absolute atomic E-state index is 12.3. The number of carbonyl (C=O) groups is 1. The molecule has 0 aromatic heterocycles. The van der Waals surface area contributed by atoms with E-state index in [1.165, 1.54) is 24.3 Å². The number of carbonyl (C=O) groups excluding carboxylic acids is 1. The van der Waals surface area contributed by atoms with E-state index in [9.17, 15) is 18.5 Å². The zero-order valence-corrected chi connectivity index (χ0v) is 13.5. The Labute approximate surface area is 135 Å². The van der Waals surface area contributed by atoms with Gasteiger partial charge in [0.15, 0.2) is 0 Å². The van der Waals surface area contributed by atoms with Gasteiger partial charge in [-0.05, 0) is 62.8 Å². The van der Waals surface area contributed by atoms with Crippen LogP contribution < -0.4 is 10.0 Å². The lowest BCUT2D eigenvalue weighted by molar-refractivity contribution is 0.0920. The molecular formula is C16H19N3O3S. The van der Waals surface area contributed by atoms with Crippen LogP contribution in [0.5, 0.6) is 0 Å². The molecule has 0 unspecified atom stereocenters. The third kappa shape index (κ3) is 3.54. The van der Waals surface area contributed by atoms with Gasteiger partial charge < -0.3 is 5.32 Å². The minimum atomic E-state index is -3.51. The SMILES string of the molecule is N#CC1(NC(=O)c2ccc(S(=O)(=O)NC3CC3)cc2)CCCC1. The Morgan fingerprint density at radius 1 is 1.17 bits per heavy atom. The number of nitriles is 1. The van der Waals surface area contributed by atoms with Crippen LogP contribution in [0.1, 0.15) is 48.9 Å². The molecule has 2 aliphatic rings. The van der Waals surface area contributed by atoms with Gasteiger partial charge in [-0.15, -0.1) is 0 Å². The van der Waals surface area contributed by atoms with E-state index in [4.69, 9.17) is 0 Å². The van der Waals surface area contributed by atoms with Gasteiger partial charge in [-0.1, -0.05) is 0 Å². The summed E-state index contributed by atoms with van der Waals surface area (Å²) in [6.45, 7) is 0. The van der Waals surface area contributed by atoms with Crippen LogP contribution in [0.15, 0.2) is 29.2 Å². The minimum Gasteiger partial charge on any atom is -0.334 e. The number of rotatable bonds is 5. The first-order chi connectivity index (χ1) is 10.9. The van der Waals surface area contributed by atoms with Crippen molar-refractivity contribution in [1.29, 1.82) is 5.26 Å². The fourth-order valence-electron chi connectivity index (χ4n) is 2.81. The van der Waals surface area contributed by atoms with Crippen molar-refractivity contribution >= 4 is 15.9 Å². The highest BCUT2D eigenvalue weighted by molar-refractivity contribution is 7.89. The number of amides is 1. The highest BCUT2D eigenvalue weighted by atomic mass is 32.2. The van der Waals surface area contributed by atoms with Crippen molar-refractivity contribution in [2.75, 3.05) is 0 Å². The van der Waals surface area contributed by atoms with Crippen molar-refractivity contribution in [3.8, 4) is 6.07 Å². The molecule has 0 spiro atoms. The van der Waals surface area contributed by atoms with Crippen LogP contribution in [-0.4, -0.2) is 25.9 Å². The largest absolute Gasteiger partial charge is 0.334 e. The quantitative estimate of drug-likeness (QED) is 0.856. The number of nitrogens with one attached hydrogen (secondary N) is 2. The zero-order chi connectivity index (χ0) is 16.5. The molecule has 6 nitrogen and oxygen atoms in total. The Morgan fingerprint density at radius 2 is 1.78 bits per heavy atom. The molecule has 0 radical (unpaired) electrons. The van der Waals surface area contributed by atoms with Crippen molar-refractivity contribution in [1.82, 2.24) is 10.0 Å². The summed E-state index contributed by atoms with van der Waals surface area (Å²) in [5.74, 6) is -0.340. The van der Waals surface area contributed by atoms with Crippen LogP contribution in [0.3, 0.4) is 0 Å². The van der Waals surface area contributed by atoms with Crippen LogP contribution >= 0.6 is 0 Å². The van der Waals surface area contributed by atoms with E-state index in [1.807, 2.05) is 0 Å². The highest BCUT2D eigenvalue weighted by Crippen LogP contribution is 2.29. The molecule has 122 valence electrons. The van der Waals surface area contributed by atoms with Gasteiger partial charge in [0.05, 0.1) is 11.0 Å². The molecule has 23 heavy (non-hydrogen) atoms. The third-order valence-electron chi connectivity index (χ3n) is 4.35. The molecule has 2 N–H and O–H groups in total. The number of benzene rings is 1. The van der Waals surface area contributed by atoms with Crippen molar-refractivity contribution in [3.63, 3.8) is 0 Å². The number of hydrogen-bond acceptors (Lipinski definition) is 4. The van der Waals surface area contributed by atoms with E-state index < -0.39 is 15.6 Å². The van der Waals surface area contributed by atoms with Crippen molar-refractivity contribution in [2.24, 2.45) is 0 Å². The molecule has 2 fully saturated rings. The maximum atomic E-state index is 12.3. The molecule has 2 aliphatic carbocycles. The van der Waals surface area contributed by atoms with Crippen molar-refractivity contribution in [3.05, 3.63) is 29.8 Å². The lowest BCUT2D eigenvalue weighted by Gasteiger charge is -2.22. The summed E-state index contributed by atoms with van der Waals surface area (Å²) in [5.41, 5.74) is -0.424. The lowest BCUT2D eigenvalue weighted by atomic mass is 9.99. The zero-order valence-electron chi connectivity index (χ0n) is 12.7. The Morgan fingerprint density at radius 3 is 2.30 bits per heavy atom. The summed E-state index contributed by atoms with van der Waals surface area (Å²) < 4.78 is 26.8. The monoisotopic (exact) mass is 333 g/mol. The van der Waals surface area contributed by atoms with Crippen molar-refractivity contribution < 1.29 is 13.2 Å². The first-order valence-corrected chi connectivity index (χ1v) is 9.29. The predicted octanol–water partition coefficient (Wildman–Crippen LogP) is 1.69. The van der Waals surface area contributed by atoms with Crippen LogP contribution in [0.4, 0.5) is 0 Å². The molecule has 0 saturated heterocycles. The maximum Gasteiger partial charge on any atom is 0.252 e. The van der Waals surface area contributed by atoms with Gasteiger partial charge in [0, 0.05) is 11.6 Å². The predicted molar refractivity (Wildman–Crippen MR) is 84.1 cm³/mol. The highest BCUT2D eigenvalue weighted by Gasteiger charge is 2.35. The van der Waals surface area contributed by atoms with Gasteiger partial charge in [-0.2, -0.15) is 5.26 Å². The van der Waals surface area contributed by atoms with Gasteiger partial charge in [0.1, 0.15) is 5.54 Å². The van der Waals surface area contributed by atoms with E-state index in [0.717, 1.165) is 25.7 Å². The Kier molecular flexibility index (Phi) is 4.13. The normalized spacial score (nSPS) is 20.0. The molecule has 1 amide bonds. The molecule has 7 heteroatoms. The summed E-state index contributed by atoms with van der Waals surface area (Å²) in [6, 6.07) is 8.06. The standard InChI is InChI=1S/C16H19N3O3S/c17-11-16(9-1-2-10-16)18-15(20)12-3-7-14(8-4-12)23(21,22)19-13-5-6-13/h3-4,7-8,13,19H,1-2,5-6,9-10H2,(H,18,20). The van der Waals surface area contributed by atoms with Crippen LogP contribution in [0.25, 0.3) is 0 Å². The summed E-state index contributed by atoms with van der Waals surface area (Å²) in [7, 11) is -3.51. The third-order valence-corrected chi connectivity index (χ3v) is 5.89. The number of nitrogens with zero attached hydrogens (tertiary/aromatic N) is 1. The minimum absolute atomic E-state index is 0.0424. The van der Waals surface area contributed by atoms with E-state index in [1.54, 1.807) is 0 Å². The average molecular weight is 333 g/mol. The van der Waals surface area contributed by atoms with E-state index >= 15 is 0 Å². The van der Waals surface area contributed by atoms with Crippen molar-refractivity contribution in [2.45, 2.75) is 55.0 Å². The summed E-state index contributed by atoms with van der Waals surface area (Å²) in [6.07, 6.45) is 4.92. The first-order valence-electron chi connectivity index (χ1n) is 7.80. The van der Waals surface area contributed by atoms with E-state index in [-0.39, 0.29) is 16.8 Å². The van der Waals surface area contributed by atoms with Gasteiger partial charge in [0.2, 0.25) is 10.0 Å². The Hall–Kier alpha value is -1.91. The molecule has 3 rings (SSSR count). The summed E-state index contributed by atoms with van der Waals surface area (Å²) in [4.78, 5) is 12.4. The topological polar surface area (TPSA) is 99.1 Å². The van der Waals surface area contributed by atoms with Gasteiger partial charge in [-0.3, -0.25) is 4.79 Å². The van der Waals surface area contributed by atoms with Crippen LogP contribution in [0.2, 0.25) is 0 Å². The Balaban J connectivity index is 1.71. The molecule has 0 aliphatic heterocycles. The molecule has 1 aromatic carbocycles. The molecule has 1 aromatic rings. The fraction of sp³-hybridized carbons (Fsp3) is 0.500. The second kappa shape index (κ2) is 5.95. The molecule has 0 heterocycles. The molecular weight excluding hydrogens is 314 g/mol. The number of sulfonamides is 1. The van der Waals surface area contributed by atoms with Crippen LogP contribution in [0, 0.1) is 11.3 Å². The van der Waals surface area contributed by atoms with Gasteiger partial charge in [-0.25, -0.2) is 13.1 Å². The molecule has 0 atom stereocenters. The van der Waals surface area contributed by atoms with E-state index in [0.29, 0.717) is 18.4 Å². The van der Waals surface area contributed by atoms with Gasteiger partial charge in [0.25, 0.3) is 5.91 Å². The second-order valence-electron chi connectivity index (χ2n) is 6.28. The first kappa shape index (κ1) is 16.0. The molecule has 0 bridgehead atoms. The van der Waals surface area contributed by atoms with Gasteiger partial charge >= 0.3 is 0 Å². The summed E-state index contributed by atoms with van der Waals surface area (Å²) >= 11 is 0. The molecule has 2 saturated carbocycles.